The van der Waals surface area contributed by atoms with Crippen molar-refractivity contribution in [2.45, 2.75) is 0 Å². The van der Waals surface area contributed by atoms with Gasteiger partial charge in [-0.15, -0.1) is 0 Å². The fraction of sp³-hybridized carbons (Fsp3) is 0. The SMILES string of the molecule is N=Cc1cc[nH]c(=O)c1. The molecule has 46 valence electrons. The Kier molecular flexibility index (Phi) is 1.44. The van der Waals surface area contributed by atoms with Gasteiger partial charge in [-0.2, -0.15) is 0 Å². The van der Waals surface area contributed by atoms with E-state index in [1.165, 1.54) is 12.3 Å². The van der Waals surface area contributed by atoms with Gasteiger partial charge in [0.05, 0.1) is 0 Å². The van der Waals surface area contributed by atoms with E-state index >= 15 is 0 Å². The Morgan fingerprint density at radius 3 is 2.89 bits per heavy atom. The maximum absolute atomic E-state index is 10.5. The van der Waals surface area contributed by atoms with Gasteiger partial charge in [0.25, 0.3) is 0 Å². The zero-order chi connectivity index (χ0) is 6.69. The molecule has 0 aliphatic heterocycles. The van der Waals surface area contributed by atoms with Crippen LogP contribution in [0.2, 0.25) is 0 Å². The molecule has 1 rings (SSSR count). The quantitative estimate of drug-likeness (QED) is 0.519. The third kappa shape index (κ3) is 1.25. The van der Waals surface area contributed by atoms with Gasteiger partial charge >= 0.3 is 0 Å². The van der Waals surface area contributed by atoms with Gasteiger partial charge in [0.15, 0.2) is 0 Å². The third-order valence-electron chi connectivity index (χ3n) is 0.966. The Hall–Kier alpha value is -1.38. The number of nitrogens with one attached hydrogen (secondary N) is 2. The van der Waals surface area contributed by atoms with Crippen LogP contribution in [-0.4, -0.2) is 11.2 Å². The number of rotatable bonds is 1. The van der Waals surface area contributed by atoms with Crippen LogP contribution in [0.3, 0.4) is 0 Å². The van der Waals surface area contributed by atoms with Crippen molar-refractivity contribution in [2.24, 2.45) is 0 Å². The molecular formula is C6H6N2O. The molecule has 0 atom stereocenters. The van der Waals surface area contributed by atoms with Crippen LogP contribution >= 0.6 is 0 Å². The first kappa shape index (κ1) is 5.75. The summed E-state index contributed by atoms with van der Waals surface area (Å²) in [6.45, 7) is 0. The smallest absolute Gasteiger partial charge is 0.248 e. The second-order valence-electron chi connectivity index (χ2n) is 1.63. The van der Waals surface area contributed by atoms with Crippen molar-refractivity contribution in [1.29, 1.82) is 5.41 Å². The molecule has 0 bridgehead atoms. The summed E-state index contributed by atoms with van der Waals surface area (Å²) < 4.78 is 0. The van der Waals surface area contributed by atoms with Gasteiger partial charge in [-0.1, -0.05) is 0 Å². The van der Waals surface area contributed by atoms with Crippen LogP contribution in [0.25, 0.3) is 0 Å². The van der Waals surface area contributed by atoms with Crippen LogP contribution in [-0.2, 0) is 0 Å². The van der Waals surface area contributed by atoms with E-state index in [4.69, 9.17) is 5.41 Å². The van der Waals surface area contributed by atoms with E-state index in [-0.39, 0.29) is 5.56 Å². The average Bonchev–Trinajstić information content (AvgIpc) is 1.88. The zero-order valence-electron chi connectivity index (χ0n) is 4.72. The van der Waals surface area contributed by atoms with E-state index in [0.29, 0.717) is 5.56 Å². The van der Waals surface area contributed by atoms with Crippen molar-refractivity contribution in [3.05, 3.63) is 34.2 Å². The molecule has 3 nitrogen and oxygen atoms in total. The lowest BCUT2D eigenvalue weighted by molar-refractivity contribution is 1.23. The molecule has 0 fully saturated rings. The standard InChI is InChI=1S/C6H6N2O/c7-4-5-1-2-8-6(9)3-5/h1-4,7H,(H,8,9). The maximum atomic E-state index is 10.5. The second kappa shape index (κ2) is 2.26. The minimum atomic E-state index is -0.170. The highest BCUT2D eigenvalue weighted by molar-refractivity contribution is 5.76. The largest absolute Gasteiger partial charge is 0.329 e. The highest BCUT2D eigenvalue weighted by Gasteiger charge is 1.84. The number of hydrogen-bond donors (Lipinski definition) is 2. The number of hydrogen-bond acceptors (Lipinski definition) is 2. The van der Waals surface area contributed by atoms with Crippen LogP contribution in [0.4, 0.5) is 0 Å². The summed E-state index contributed by atoms with van der Waals surface area (Å²) in [5.41, 5.74) is 0.453. The Morgan fingerprint density at radius 1 is 1.67 bits per heavy atom. The summed E-state index contributed by atoms with van der Waals surface area (Å²) in [5.74, 6) is 0. The average molecular weight is 122 g/mol. The first-order chi connectivity index (χ1) is 4.33. The number of aromatic amines is 1. The molecule has 1 heterocycles. The Balaban J connectivity index is 3.23. The molecule has 0 amide bonds. The van der Waals surface area contributed by atoms with Gasteiger partial charge in [0.1, 0.15) is 0 Å². The minimum absolute atomic E-state index is 0.170. The van der Waals surface area contributed by atoms with Crippen molar-refractivity contribution in [3.8, 4) is 0 Å². The van der Waals surface area contributed by atoms with Gasteiger partial charge in [0.2, 0.25) is 5.56 Å². The fourth-order valence-electron chi connectivity index (χ4n) is 0.551. The molecule has 2 N–H and O–H groups in total. The number of H-pyrrole nitrogens is 1. The van der Waals surface area contributed by atoms with E-state index in [1.54, 1.807) is 6.07 Å². The maximum Gasteiger partial charge on any atom is 0.248 e. The molecule has 9 heavy (non-hydrogen) atoms. The summed E-state index contributed by atoms with van der Waals surface area (Å²) in [6, 6.07) is 3.03. The monoisotopic (exact) mass is 122 g/mol. The van der Waals surface area contributed by atoms with Crippen LogP contribution in [0.5, 0.6) is 0 Å². The van der Waals surface area contributed by atoms with Gasteiger partial charge in [-0.3, -0.25) is 4.79 Å². The van der Waals surface area contributed by atoms with Crippen LogP contribution in [0.15, 0.2) is 23.1 Å². The van der Waals surface area contributed by atoms with Crippen LogP contribution in [0, 0.1) is 5.41 Å². The molecule has 0 unspecified atom stereocenters. The first-order valence-electron chi connectivity index (χ1n) is 2.52. The van der Waals surface area contributed by atoms with Crippen molar-refractivity contribution in [3.63, 3.8) is 0 Å². The van der Waals surface area contributed by atoms with E-state index in [2.05, 4.69) is 4.98 Å². The lowest BCUT2D eigenvalue weighted by atomic mass is 10.3. The molecule has 0 radical (unpaired) electrons. The summed E-state index contributed by atoms with van der Waals surface area (Å²) in [7, 11) is 0. The predicted octanol–water partition coefficient (Wildman–Crippen LogP) is 0.373. The first-order valence-corrected chi connectivity index (χ1v) is 2.52. The highest BCUT2D eigenvalue weighted by Crippen LogP contribution is 1.83. The molecule has 0 aromatic carbocycles. The van der Waals surface area contributed by atoms with Crippen LogP contribution < -0.4 is 5.56 Å². The van der Waals surface area contributed by atoms with Crippen molar-refractivity contribution in [1.82, 2.24) is 4.98 Å². The molecular weight excluding hydrogens is 116 g/mol. The molecule has 0 saturated carbocycles. The van der Waals surface area contributed by atoms with Crippen molar-refractivity contribution >= 4 is 6.21 Å². The lowest BCUT2D eigenvalue weighted by Crippen LogP contribution is -2.02. The molecule has 0 aliphatic rings. The Bertz CT molecular complexity index is 264. The number of aromatic nitrogens is 1. The van der Waals surface area contributed by atoms with Gasteiger partial charge < -0.3 is 10.4 Å². The normalized spacial score (nSPS) is 8.89. The van der Waals surface area contributed by atoms with Gasteiger partial charge in [-0.25, -0.2) is 0 Å². The molecule has 1 aromatic heterocycles. The van der Waals surface area contributed by atoms with Crippen LogP contribution in [0.1, 0.15) is 5.56 Å². The molecule has 0 aliphatic carbocycles. The highest BCUT2D eigenvalue weighted by atomic mass is 16.1. The van der Waals surface area contributed by atoms with E-state index in [1.807, 2.05) is 0 Å². The number of pyridine rings is 1. The Morgan fingerprint density at radius 2 is 2.44 bits per heavy atom. The Labute approximate surface area is 51.9 Å². The molecule has 3 heteroatoms. The predicted molar refractivity (Wildman–Crippen MR) is 34.9 cm³/mol. The molecule has 0 spiro atoms. The fourth-order valence-corrected chi connectivity index (χ4v) is 0.551. The van der Waals surface area contributed by atoms with Crippen molar-refractivity contribution < 1.29 is 0 Å². The topological polar surface area (TPSA) is 56.7 Å². The lowest BCUT2D eigenvalue weighted by Gasteiger charge is -1.84. The molecule has 1 aromatic rings. The van der Waals surface area contributed by atoms with E-state index in [9.17, 15) is 4.79 Å². The van der Waals surface area contributed by atoms with Crippen molar-refractivity contribution in [2.75, 3.05) is 0 Å². The summed E-state index contributed by atoms with van der Waals surface area (Å²) >= 11 is 0. The van der Waals surface area contributed by atoms with Gasteiger partial charge in [0, 0.05) is 18.5 Å². The summed E-state index contributed by atoms with van der Waals surface area (Å²) in [6.07, 6.45) is 2.65. The van der Waals surface area contributed by atoms with E-state index < -0.39 is 0 Å². The van der Waals surface area contributed by atoms with E-state index in [0.717, 1.165) is 6.21 Å². The minimum Gasteiger partial charge on any atom is -0.329 e. The van der Waals surface area contributed by atoms with Gasteiger partial charge in [-0.05, 0) is 11.6 Å². The summed E-state index contributed by atoms with van der Waals surface area (Å²) in [5, 5.41) is 6.76. The zero-order valence-corrected chi connectivity index (χ0v) is 4.72. The summed E-state index contributed by atoms with van der Waals surface area (Å²) in [4.78, 5) is 12.9. The third-order valence-corrected chi connectivity index (χ3v) is 0.966. The second-order valence-corrected chi connectivity index (χ2v) is 1.63. The molecule has 0 saturated heterocycles.